The van der Waals surface area contributed by atoms with E-state index >= 15 is 0 Å². The van der Waals surface area contributed by atoms with Crippen LogP contribution >= 0.6 is 0 Å². The van der Waals surface area contributed by atoms with E-state index in [1.165, 1.54) is 0 Å². The van der Waals surface area contributed by atoms with Gasteiger partial charge in [-0.05, 0) is 17.5 Å². The van der Waals surface area contributed by atoms with Gasteiger partial charge in [0.25, 0.3) is 0 Å². The lowest BCUT2D eigenvalue weighted by atomic mass is 9.92. The first-order valence-electron chi connectivity index (χ1n) is 6.50. The van der Waals surface area contributed by atoms with Gasteiger partial charge in [0.15, 0.2) is 6.04 Å². The second-order valence-corrected chi connectivity index (χ2v) is 4.93. The molecule has 0 bridgehead atoms. The fourth-order valence-corrected chi connectivity index (χ4v) is 2.56. The van der Waals surface area contributed by atoms with Crippen LogP contribution in [-0.4, -0.2) is 45.5 Å². The molecule has 2 unspecified atom stereocenters. The molecule has 0 spiro atoms. The third-order valence-corrected chi connectivity index (χ3v) is 3.51. The predicted octanol–water partition coefficient (Wildman–Crippen LogP) is -0.001000. The summed E-state index contributed by atoms with van der Waals surface area (Å²) in [5.41, 5.74) is 6.99. The van der Waals surface area contributed by atoms with E-state index in [1.807, 2.05) is 12.1 Å². The molecule has 4 N–H and O–H groups in total. The van der Waals surface area contributed by atoms with Crippen molar-refractivity contribution in [2.45, 2.75) is 24.9 Å². The van der Waals surface area contributed by atoms with Gasteiger partial charge in [-0.15, -0.1) is 0 Å². The largest absolute Gasteiger partial charge is 0.481 e. The maximum absolute atomic E-state index is 12.2. The lowest BCUT2D eigenvalue weighted by Crippen LogP contribution is -2.50. The van der Waals surface area contributed by atoms with Crippen LogP contribution in [0.15, 0.2) is 24.3 Å². The zero-order valence-electron chi connectivity index (χ0n) is 11.2. The molecular weight excluding hydrogens is 276 g/mol. The van der Waals surface area contributed by atoms with Crippen LogP contribution in [0.2, 0.25) is 0 Å². The molecule has 21 heavy (non-hydrogen) atoms. The third kappa shape index (κ3) is 3.03. The SMILES string of the molecule is NC(CC(=O)O)C(=O)N1CCc2ccccc2C1C(=O)O. The zero-order valence-corrected chi connectivity index (χ0v) is 11.2. The first-order valence-corrected chi connectivity index (χ1v) is 6.50. The van der Waals surface area contributed by atoms with Gasteiger partial charge >= 0.3 is 11.9 Å². The second-order valence-electron chi connectivity index (χ2n) is 4.93. The van der Waals surface area contributed by atoms with E-state index in [9.17, 15) is 19.5 Å². The Hall–Kier alpha value is -2.41. The number of carboxylic acid groups (broad SMARTS) is 2. The summed E-state index contributed by atoms with van der Waals surface area (Å²) in [6, 6.07) is 4.64. The summed E-state index contributed by atoms with van der Waals surface area (Å²) in [4.78, 5) is 35.6. The molecule has 0 fully saturated rings. The van der Waals surface area contributed by atoms with Crippen molar-refractivity contribution >= 4 is 17.8 Å². The lowest BCUT2D eigenvalue weighted by molar-refractivity contribution is -0.152. The van der Waals surface area contributed by atoms with Gasteiger partial charge in [-0.25, -0.2) is 4.79 Å². The molecule has 0 radical (unpaired) electrons. The monoisotopic (exact) mass is 292 g/mol. The van der Waals surface area contributed by atoms with E-state index in [4.69, 9.17) is 10.8 Å². The quantitative estimate of drug-likeness (QED) is 0.718. The number of rotatable bonds is 4. The number of benzene rings is 1. The number of carbonyl (C=O) groups excluding carboxylic acids is 1. The van der Waals surface area contributed by atoms with Gasteiger partial charge in [0, 0.05) is 6.54 Å². The molecule has 7 heteroatoms. The van der Waals surface area contributed by atoms with Crippen LogP contribution in [-0.2, 0) is 20.8 Å². The Morgan fingerprint density at radius 1 is 1.29 bits per heavy atom. The zero-order chi connectivity index (χ0) is 15.6. The number of carbonyl (C=O) groups is 3. The van der Waals surface area contributed by atoms with Crippen LogP contribution in [0.1, 0.15) is 23.6 Å². The normalized spacial score (nSPS) is 18.7. The molecule has 0 aliphatic carbocycles. The molecule has 0 saturated heterocycles. The minimum atomic E-state index is -1.24. The van der Waals surface area contributed by atoms with Crippen molar-refractivity contribution in [3.05, 3.63) is 35.4 Å². The van der Waals surface area contributed by atoms with Gasteiger partial charge in [0.2, 0.25) is 5.91 Å². The van der Waals surface area contributed by atoms with Crippen LogP contribution in [0.4, 0.5) is 0 Å². The smallest absolute Gasteiger partial charge is 0.331 e. The highest BCUT2D eigenvalue weighted by molar-refractivity contribution is 5.90. The van der Waals surface area contributed by atoms with Crippen molar-refractivity contribution in [1.29, 1.82) is 0 Å². The number of nitrogens with zero attached hydrogens (tertiary/aromatic N) is 1. The maximum Gasteiger partial charge on any atom is 0.331 e. The number of carboxylic acids is 2. The Morgan fingerprint density at radius 2 is 1.95 bits per heavy atom. The summed E-state index contributed by atoms with van der Waals surface area (Å²) >= 11 is 0. The molecule has 1 heterocycles. The number of aliphatic carboxylic acids is 2. The van der Waals surface area contributed by atoms with Gasteiger partial charge < -0.3 is 20.8 Å². The minimum Gasteiger partial charge on any atom is -0.481 e. The molecule has 112 valence electrons. The maximum atomic E-state index is 12.2. The highest BCUT2D eigenvalue weighted by Crippen LogP contribution is 2.30. The number of amides is 1. The summed E-state index contributed by atoms with van der Waals surface area (Å²) in [6.45, 7) is 0.208. The number of hydrogen-bond acceptors (Lipinski definition) is 4. The van der Waals surface area contributed by atoms with Gasteiger partial charge in [-0.3, -0.25) is 9.59 Å². The van der Waals surface area contributed by atoms with Crippen molar-refractivity contribution in [3.8, 4) is 0 Å². The molecule has 0 aromatic heterocycles. The Bertz CT molecular complexity index is 586. The molecule has 7 nitrogen and oxygen atoms in total. The highest BCUT2D eigenvalue weighted by atomic mass is 16.4. The molecular formula is C14H16N2O5. The van der Waals surface area contributed by atoms with Crippen molar-refractivity contribution < 1.29 is 24.6 Å². The van der Waals surface area contributed by atoms with Crippen LogP contribution in [0.3, 0.4) is 0 Å². The first kappa shape index (κ1) is 15.0. The molecule has 1 aromatic rings. The van der Waals surface area contributed by atoms with Crippen molar-refractivity contribution in [2.24, 2.45) is 5.73 Å². The molecule has 1 amide bonds. The van der Waals surface area contributed by atoms with Gasteiger partial charge in [-0.2, -0.15) is 0 Å². The van der Waals surface area contributed by atoms with Crippen LogP contribution < -0.4 is 5.73 Å². The van der Waals surface area contributed by atoms with E-state index < -0.39 is 36.4 Å². The van der Waals surface area contributed by atoms with Gasteiger partial charge in [-0.1, -0.05) is 24.3 Å². The minimum absolute atomic E-state index is 0.208. The second kappa shape index (κ2) is 5.92. The van der Waals surface area contributed by atoms with E-state index in [1.54, 1.807) is 12.1 Å². The number of hydrogen-bond donors (Lipinski definition) is 3. The van der Waals surface area contributed by atoms with E-state index in [0.717, 1.165) is 10.5 Å². The van der Waals surface area contributed by atoms with E-state index in [2.05, 4.69) is 0 Å². The Kier molecular flexibility index (Phi) is 4.23. The Morgan fingerprint density at radius 3 is 2.57 bits per heavy atom. The molecule has 1 aliphatic heterocycles. The molecule has 2 atom stereocenters. The fraction of sp³-hybridized carbons (Fsp3) is 0.357. The van der Waals surface area contributed by atoms with Crippen molar-refractivity contribution in [1.82, 2.24) is 4.90 Å². The van der Waals surface area contributed by atoms with E-state index in [-0.39, 0.29) is 6.54 Å². The van der Waals surface area contributed by atoms with Crippen molar-refractivity contribution in [3.63, 3.8) is 0 Å². The van der Waals surface area contributed by atoms with Crippen LogP contribution in [0.5, 0.6) is 0 Å². The molecule has 1 aromatic carbocycles. The van der Waals surface area contributed by atoms with E-state index in [0.29, 0.717) is 12.0 Å². The average Bonchev–Trinajstić information content (AvgIpc) is 2.44. The Labute approximate surface area is 121 Å². The number of fused-ring (bicyclic) bond motifs is 1. The fourth-order valence-electron chi connectivity index (χ4n) is 2.56. The summed E-state index contributed by atoms with van der Waals surface area (Å²) in [7, 11) is 0. The summed E-state index contributed by atoms with van der Waals surface area (Å²) in [5, 5.41) is 18.1. The molecule has 0 saturated carbocycles. The summed E-state index contributed by atoms with van der Waals surface area (Å²) in [6.07, 6.45) is -0.00515. The van der Waals surface area contributed by atoms with Crippen LogP contribution in [0, 0.1) is 0 Å². The number of nitrogens with two attached hydrogens (primary N) is 1. The molecule has 1 aliphatic rings. The van der Waals surface area contributed by atoms with Crippen LogP contribution in [0.25, 0.3) is 0 Å². The highest BCUT2D eigenvalue weighted by Gasteiger charge is 2.37. The topological polar surface area (TPSA) is 121 Å². The standard InChI is InChI=1S/C14H16N2O5/c15-10(7-11(17)18)13(19)16-6-5-8-3-1-2-4-9(8)12(16)14(20)21/h1-4,10,12H,5-7,15H2,(H,17,18)(H,20,21). The Balaban J connectivity index is 2.30. The summed E-state index contributed by atoms with van der Waals surface area (Å²) in [5.74, 6) is -3.00. The first-order chi connectivity index (χ1) is 9.91. The summed E-state index contributed by atoms with van der Waals surface area (Å²) < 4.78 is 0. The predicted molar refractivity (Wildman–Crippen MR) is 72.5 cm³/mol. The average molecular weight is 292 g/mol. The third-order valence-electron chi connectivity index (χ3n) is 3.51. The lowest BCUT2D eigenvalue weighted by Gasteiger charge is -2.36. The van der Waals surface area contributed by atoms with Gasteiger partial charge in [0.05, 0.1) is 12.5 Å². The molecule has 2 rings (SSSR count). The van der Waals surface area contributed by atoms with Crippen molar-refractivity contribution in [2.75, 3.05) is 6.54 Å². The van der Waals surface area contributed by atoms with Gasteiger partial charge in [0.1, 0.15) is 0 Å².